The van der Waals surface area contributed by atoms with Gasteiger partial charge in [-0.15, -0.1) is 0 Å². The van der Waals surface area contributed by atoms with Gasteiger partial charge in [-0.3, -0.25) is 4.79 Å². The predicted octanol–water partition coefficient (Wildman–Crippen LogP) is 1.65. The Bertz CT molecular complexity index is 401. The van der Waals surface area contributed by atoms with Gasteiger partial charge in [0.1, 0.15) is 5.75 Å². The second-order valence-electron chi connectivity index (χ2n) is 4.74. The fourth-order valence-electron chi connectivity index (χ4n) is 2.28. The first-order chi connectivity index (χ1) is 8.75. The van der Waals surface area contributed by atoms with E-state index in [-0.39, 0.29) is 11.7 Å². The molecule has 1 amide bonds. The molecule has 1 fully saturated rings. The van der Waals surface area contributed by atoms with Crippen molar-refractivity contribution >= 4 is 5.91 Å². The highest BCUT2D eigenvalue weighted by Crippen LogP contribution is 2.11. The van der Waals surface area contributed by atoms with Crippen molar-refractivity contribution in [2.24, 2.45) is 0 Å². The molecule has 18 heavy (non-hydrogen) atoms. The Morgan fingerprint density at radius 3 is 3.06 bits per heavy atom. The van der Waals surface area contributed by atoms with Gasteiger partial charge in [-0.25, -0.2) is 0 Å². The van der Waals surface area contributed by atoms with E-state index in [0.29, 0.717) is 18.2 Å². The molecule has 1 aromatic carbocycles. The average molecular weight is 248 g/mol. The zero-order chi connectivity index (χ0) is 12.8. The Hall–Kier alpha value is -1.55. The van der Waals surface area contributed by atoms with Gasteiger partial charge < -0.3 is 15.7 Å². The quantitative estimate of drug-likeness (QED) is 0.759. The number of benzene rings is 1. The van der Waals surface area contributed by atoms with Crippen LogP contribution in [0, 0.1) is 0 Å². The van der Waals surface area contributed by atoms with Crippen molar-refractivity contribution in [3.63, 3.8) is 0 Å². The molecule has 0 radical (unpaired) electrons. The molecule has 1 heterocycles. The van der Waals surface area contributed by atoms with Crippen molar-refractivity contribution in [1.82, 2.24) is 10.6 Å². The molecule has 0 bridgehead atoms. The van der Waals surface area contributed by atoms with Gasteiger partial charge in [-0.1, -0.05) is 12.5 Å². The Balaban J connectivity index is 1.74. The molecular weight excluding hydrogens is 228 g/mol. The predicted molar refractivity (Wildman–Crippen MR) is 70.7 cm³/mol. The van der Waals surface area contributed by atoms with E-state index >= 15 is 0 Å². The lowest BCUT2D eigenvalue weighted by Crippen LogP contribution is -2.37. The van der Waals surface area contributed by atoms with Crippen LogP contribution in [-0.4, -0.2) is 30.1 Å². The number of amides is 1. The number of nitrogens with one attached hydrogen (secondary N) is 2. The van der Waals surface area contributed by atoms with Crippen molar-refractivity contribution in [3.05, 3.63) is 29.8 Å². The van der Waals surface area contributed by atoms with Crippen molar-refractivity contribution in [1.29, 1.82) is 0 Å². The summed E-state index contributed by atoms with van der Waals surface area (Å²) in [6.45, 7) is 1.76. The Morgan fingerprint density at radius 1 is 1.44 bits per heavy atom. The monoisotopic (exact) mass is 248 g/mol. The van der Waals surface area contributed by atoms with Gasteiger partial charge in [-0.2, -0.15) is 0 Å². The molecule has 0 aliphatic carbocycles. The summed E-state index contributed by atoms with van der Waals surface area (Å²) in [5.41, 5.74) is 0.506. The maximum absolute atomic E-state index is 11.8. The van der Waals surface area contributed by atoms with Crippen LogP contribution in [0.15, 0.2) is 24.3 Å². The summed E-state index contributed by atoms with van der Waals surface area (Å²) >= 11 is 0. The van der Waals surface area contributed by atoms with Gasteiger partial charge >= 0.3 is 0 Å². The van der Waals surface area contributed by atoms with Crippen molar-refractivity contribution < 1.29 is 9.90 Å². The van der Waals surface area contributed by atoms with E-state index < -0.39 is 0 Å². The first-order valence-corrected chi connectivity index (χ1v) is 6.56. The molecule has 4 nitrogen and oxygen atoms in total. The van der Waals surface area contributed by atoms with E-state index in [1.165, 1.54) is 25.3 Å². The van der Waals surface area contributed by atoms with E-state index in [4.69, 9.17) is 0 Å². The second kappa shape index (κ2) is 6.40. The molecule has 1 aliphatic heterocycles. The molecule has 1 aliphatic rings. The number of hydrogen-bond donors (Lipinski definition) is 3. The van der Waals surface area contributed by atoms with Crippen LogP contribution in [0.3, 0.4) is 0 Å². The number of aromatic hydroxyl groups is 1. The minimum Gasteiger partial charge on any atom is -0.508 e. The topological polar surface area (TPSA) is 61.4 Å². The van der Waals surface area contributed by atoms with Gasteiger partial charge in [0.2, 0.25) is 0 Å². The zero-order valence-electron chi connectivity index (χ0n) is 10.5. The van der Waals surface area contributed by atoms with Crippen LogP contribution in [0.5, 0.6) is 5.75 Å². The van der Waals surface area contributed by atoms with Gasteiger partial charge in [-0.05, 0) is 44.0 Å². The number of phenolic OH excluding ortho intramolecular Hbond substituents is 1. The highest BCUT2D eigenvalue weighted by molar-refractivity contribution is 5.94. The molecule has 1 saturated heterocycles. The molecule has 1 unspecified atom stereocenters. The fourth-order valence-corrected chi connectivity index (χ4v) is 2.28. The number of hydrogen-bond acceptors (Lipinski definition) is 3. The van der Waals surface area contributed by atoms with Crippen LogP contribution < -0.4 is 10.6 Å². The SMILES string of the molecule is O=C(NCCC1CCCCN1)c1cccc(O)c1. The molecule has 1 atom stereocenters. The lowest BCUT2D eigenvalue weighted by molar-refractivity contribution is 0.0951. The number of carbonyl (C=O) groups excluding carboxylic acids is 1. The highest BCUT2D eigenvalue weighted by Gasteiger charge is 2.12. The smallest absolute Gasteiger partial charge is 0.251 e. The third kappa shape index (κ3) is 3.74. The summed E-state index contributed by atoms with van der Waals surface area (Å²) < 4.78 is 0. The first-order valence-electron chi connectivity index (χ1n) is 6.56. The molecule has 0 saturated carbocycles. The second-order valence-corrected chi connectivity index (χ2v) is 4.74. The minimum absolute atomic E-state index is 0.122. The van der Waals surface area contributed by atoms with E-state index in [0.717, 1.165) is 13.0 Å². The summed E-state index contributed by atoms with van der Waals surface area (Å²) in [7, 11) is 0. The van der Waals surface area contributed by atoms with Crippen molar-refractivity contribution in [3.8, 4) is 5.75 Å². The van der Waals surface area contributed by atoms with Crippen LogP contribution in [-0.2, 0) is 0 Å². The van der Waals surface area contributed by atoms with Crippen molar-refractivity contribution in [2.45, 2.75) is 31.7 Å². The summed E-state index contributed by atoms with van der Waals surface area (Å²) in [5.74, 6) is -0.00157. The van der Waals surface area contributed by atoms with E-state index in [1.54, 1.807) is 18.2 Å². The van der Waals surface area contributed by atoms with Crippen LogP contribution in [0.2, 0.25) is 0 Å². The lowest BCUT2D eigenvalue weighted by Gasteiger charge is -2.23. The molecular formula is C14H20N2O2. The van der Waals surface area contributed by atoms with Gasteiger partial charge in [0.05, 0.1) is 0 Å². The maximum Gasteiger partial charge on any atom is 0.251 e. The third-order valence-electron chi connectivity index (χ3n) is 3.30. The summed E-state index contributed by atoms with van der Waals surface area (Å²) in [5, 5.41) is 15.6. The molecule has 0 spiro atoms. The summed E-state index contributed by atoms with van der Waals surface area (Å²) in [4.78, 5) is 11.8. The Morgan fingerprint density at radius 2 is 2.33 bits per heavy atom. The molecule has 2 rings (SSSR count). The van der Waals surface area contributed by atoms with Crippen LogP contribution in [0.4, 0.5) is 0 Å². The number of carbonyl (C=O) groups is 1. The fraction of sp³-hybridized carbons (Fsp3) is 0.500. The molecule has 3 N–H and O–H groups in total. The van der Waals surface area contributed by atoms with Crippen molar-refractivity contribution in [2.75, 3.05) is 13.1 Å². The van der Waals surface area contributed by atoms with E-state index in [9.17, 15) is 9.90 Å². The van der Waals surface area contributed by atoms with Gasteiger partial charge in [0, 0.05) is 18.2 Å². The third-order valence-corrected chi connectivity index (χ3v) is 3.30. The average Bonchev–Trinajstić information content (AvgIpc) is 2.40. The largest absolute Gasteiger partial charge is 0.508 e. The summed E-state index contributed by atoms with van der Waals surface area (Å²) in [6.07, 6.45) is 4.69. The zero-order valence-corrected chi connectivity index (χ0v) is 10.5. The molecule has 98 valence electrons. The Kier molecular flexibility index (Phi) is 4.59. The summed E-state index contributed by atoms with van der Waals surface area (Å²) in [6, 6.07) is 6.95. The van der Waals surface area contributed by atoms with Crippen LogP contribution >= 0.6 is 0 Å². The number of phenols is 1. The van der Waals surface area contributed by atoms with E-state index in [2.05, 4.69) is 10.6 Å². The molecule has 0 aromatic heterocycles. The normalized spacial score (nSPS) is 19.4. The maximum atomic E-state index is 11.8. The Labute approximate surface area is 107 Å². The van der Waals surface area contributed by atoms with Gasteiger partial charge in [0.25, 0.3) is 5.91 Å². The van der Waals surface area contributed by atoms with E-state index in [1.807, 2.05) is 0 Å². The lowest BCUT2D eigenvalue weighted by atomic mass is 10.0. The number of piperidine rings is 1. The molecule has 1 aromatic rings. The first kappa shape index (κ1) is 12.9. The number of rotatable bonds is 4. The van der Waals surface area contributed by atoms with Crippen LogP contribution in [0.25, 0.3) is 0 Å². The minimum atomic E-state index is -0.123. The standard InChI is InChI=1S/C14H20N2O2/c17-13-6-3-4-11(10-13)14(18)16-9-7-12-5-1-2-8-15-12/h3-4,6,10,12,15,17H,1-2,5,7-9H2,(H,16,18). The molecule has 4 heteroatoms. The van der Waals surface area contributed by atoms with Gasteiger partial charge in [0.15, 0.2) is 0 Å². The highest BCUT2D eigenvalue weighted by atomic mass is 16.3. The van der Waals surface area contributed by atoms with Crippen LogP contribution in [0.1, 0.15) is 36.0 Å².